The van der Waals surface area contributed by atoms with Crippen molar-refractivity contribution in [3.63, 3.8) is 0 Å². The number of nitrogens with zero attached hydrogens (tertiary/aromatic N) is 1. The van der Waals surface area contributed by atoms with E-state index < -0.39 is 0 Å². The van der Waals surface area contributed by atoms with Gasteiger partial charge in [0.1, 0.15) is 12.0 Å². The number of hydrogen-bond acceptors (Lipinski definition) is 3. The zero-order valence-electron chi connectivity index (χ0n) is 9.46. The number of aldehydes is 2. The molecule has 1 heterocycles. The maximum Gasteiger partial charge on any atom is 0.151 e. The summed E-state index contributed by atoms with van der Waals surface area (Å²) in [6.07, 6.45) is 3.01. The van der Waals surface area contributed by atoms with Crippen LogP contribution in [-0.2, 0) is 0 Å². The lowest BCUT2D eigenvalue weighted by atomic mass is 10.1. The average molecular weight is 235 g/mol. The third kappa shape index (κ3) is 2.89. The third-order valence-electron chi connectivity index (χ3n) is 2.30. The van der Waals surface area contributed by atoms with Crippen LogP contribution in [0.2, 0.25) is 0 Å². The van der Waals surface area contributed by atoms with Crippen molar-refractivity contribution in [3.05, 3.63) is 65.0 Å². The summed E-state index contributed by atoms with van der Waals surface area (Å²) in [6, 6.07) is 10.3. The molecule has 0 aliphatic heterocycles. The van der Waals surface area contributed by atoms with Crippen molar-refractivity contribution >= 4 is 12.6 Å². The maximum absolute atomic E-state index is 10.5. The Morgan fingerprint density at radius 1 is 0.833 bits per heavy atom. The van der Waals surface area contributed by atoms with Crippen LogP contribution < -0.4 is 0 Å². The number of rotatable bonds is 2. The molecule has 18 heavy (non-hydrogen) atoms. The van der Waals surface area contributed by atoms with Gasteiger partial charge in [0.15, 0.2) is 6.29 Å². The van der Waals surface area contributed by atoms with Crippen molar-refractivity contribution in [2.45, 2.75) is 0 Å². The van der Waals surface area contributed by atoms with E-state index in [-0.39, 0.29) is 0 Å². The van der Waals surface area contributed by atoms with Gasteiger partial charge >= 0.3 is 0 Å². The highest BCUT2D eigenvalue weighted by Crippen LogP contribution is 2.01. The maximum atomic E-state index is 10.5. The Hall–Kier alpha value is -2.73. The summed E-state index contributed by atoms with van der Waals surface area (Å²) < 4.78 is 0. The lowest BCUT2D eigenvalue weighted by molar-refractivity contribution is 0.111. The van der Waals surface area contributed by atoms with Gasteiger partial charge in [-0.3, -0.25) is 9.59 Å². The topological polar surface area (TPSA) is 47.0 Å². The second-order valence-corrected chi connectivity index (χ2v) is 3.58. The minimum absolute atomic E-state index is 0.524. The summed E-state index contributed by atoms with van der Waals surface area (Å²) in [4.78, 5) is 25.0. The zero-order chi connectivity index (χ0) is 12.8. The molecule has 0 atom stereocenters. The second-order valence-electron chi connectivity index (χ2n) is 3.58. The molecule has 3 nitrogen and oxygen atoms in total. The number of carbonyl (C=O) groups excluding carboxylic acids is 2. The van der Waals surface area contributed by atoms with Crippen molar-refractivity contribution in [1.82, 2.24) is 4.98 Å². The Kier molecular flexibility index (Phi) is 3.62. The molecule has 1 aromatic carbocycles. The third-order valence-corrected chi connectivity index (χ3v) is 2.30. The van der Waals surface area contributed by atoms with Crippen LogP contribution in [0.5, 0.6) is 0 Å². The van der Waals surface area contributed by atoms with Crippen LogP contribution in [0.4, 0.5) is 0 Å². The van der Waals surface area contributed by atoms with Crippen molar-refractivity contribution in [1.29, 1.82) is 0 Å². The van der Waals surface area contributed by atoms with Crippen molar-refractivity contribution in [2.75, 3.05) is 0 Å². The molecule has 0 spiro atoms. The van der Waals surface area contributed by atoms with Crippen LogP contribution in [0.1, 0.15) is 32.0 Å². The van der Waals surface area contributed by atoms with Gasteiger partial charge in [0.2, 0.25) is 0 Å². The summed E-state index contributed by atoms with van der Waals surface area (Å²) in [5.74, 6) is 5.82. The van der Waals surface area contributed by atoms with E-state index in [9.17, 15) is 9.59 Å². The number of carbonyl (C=O) groups is 2. The molecule has 0 aliphatic carbocycles. The van der Waals surface area contributed by atoms with Gasteiger partial charge < -0.3 is 0 Å². The second kappa shape index (κ2) is 5.55. The molecular formula is C15H9NO2. The van der Waals surface area contributed by atoms with Gasteiger partial charge in [-0.25, -0.2) is 4.98 Å². The van der Waals surface area contributed by atoms with Gasteiger partial charge in [0, 0.05) is 22.9 Å². The van der Waals surface area contributed by atoms with Gasteiger partial charge in [-0.05, 0) is 30.2 Å². The molecule has 0 saturated heterocycles. The molecule has 0 aliphatic rings. The molecule has 0 amide bonds. The van der Waals surface area contributed by atoms with E-state index in [1.807, 2.05) is 0 Å². The summed E-state index contributed by atoms with van der Waals surface area (Å²) in [7, 11) is 0. The molecule has 1 aromatic heterocycles. The van der Waals surface area contributed by atoms with Crippen LogP contribution in [0.25, 0.3) is 0 Å². The fraction of sp³-hybridized carbons (Fsp3) is 0. The Balaban J connectivity index is 2.19. The number of hydrogen-bond donors (Lipinski definition) is 0. The standard InChI is InChI=1S/C15H9NO2/c17-10-13-3-1-12(2-4-13)5-7-15-8-6-14(11-18)9-16-15/h1-4,6,8-11H. The van der Waals surface area contributed by atoms with E-state index in [1.54, 1.807) is 36.4 Å². The van der Waals surface area contributed by atoms with E-state index in [1.165, 1.54) is 6.20 Å². The first-order chi connectivity index (χ1) is 8.81. The molecule has 2 rings (SSSR count). The van der Waals surface area contributed by atoms with Crippen molar-refractivity contribution in [2.24, 2.45) is 0 Å². The highest BCUT2D eigenvalue weighted by atomic mass is 16.1. The molecule has 2 aromatic rings. The largest absolute Gasteiger partial charge is 0.298 e. The van der Waals surface area contributed by atoms with Gasteiger partial charge in [0.25, 0.3) is 0 Å². The molecule has 0 unspecified atom stereocenters. The lowest BCUT2D eigenvalue weighted by Gasteiger charge is -1.92. The summed E-state index contributed by atoms with van der Waals surface area (Å²) >= 11 is 0. The van der Waals surface area contributed by atoms with E-state index in [2.05, 4.69) is 16.8 Å². The molecule has 86 valence electrons. The molecule has 3 heteroatoms. The van der Waals surface area contributed by atoms with Crippen molar-refractivity contribution in [3.8, 4) is 11.8 Å². The minimum atomic E-state index is 0.524. The summed E-state index contributed by atoms with van der Waals surface area (Å²) in [5.41, 5.74) is 2.55. The highest BCUT2D eigenvalue weighted by molar-refractivity contribution is 5.75. The predicted molar refractivity (Wildman–Crippen MR) is 67.4 cm³/mol. The molecule has 0 N–H and O–H groups in total. The average Bonchev–Trinajstić information content (AvgIpc) is 2.46. The normalized spacial score (nSPS) is 9.11. The number of benzene rings is 1. The number of aromatic nitrogens is 1. The minimum Gasteiger partial charge on any atom is -0.298 e. The fourth-order valence-electron chi connectivity index (χ4n) is 1.33. The molecular weight excluding hydrogens is 226 g/mol. The van der Waals surface area contributed by atoms with Gasteiger partial charge in [-0.2, -0.15) is 0 Å². The highest BCUT2D eigenvalue weighted by Gasteiger charge is 1.92. The summed E-state index contributed by atoms with van der Waals surface area (Å²) in [6.45, 7) is 0. The van der Waals surface area contributed by atoms with Crippen LogP contribution in [0.3, 0.4) is 0 Å². The van der Waals surface area contributed by atoms with Gasteiger partial charge in [-0.1, -0.05) is 18.1 Å². The first kappa shape index (κ1) is 11.7. The lowest BCUT2D eigenvalue weighted by Crippen LogP contribution is -1.86. The van der Waals surface area contributed by atoms with Gasteiger partial charge in [-0.15, -0.1) is 0 Å². The van der Waals surface area contributed by atoms with Crippen LogP contribution in [0, 0.1) is 11.8 Å². The smallest absolute Gasteiger partial charge is 0.151 e. The van der Waals surface area contributed by atoms with Crippen molar-refractivity contribution < 1.29 is 9.59 Å². The fourth-order valence-corrected chi connectivity index (χ4v) is 1.33. The molecule has 0 bridgehead atoms. The van der Waals surface area contributed by atoms with Gasteiger partial charge in [0.05, 0.1) is 0 Å². The molecule has 0 radical (unpaired) electrons. The predicted octanol–water partition coefficient (Wildman–Crippen LogP) is 2.11. The van der Waals surface area contributed by atoms with Crippen LogP contribution in [-0.4, -0.2) is 17.6 Å². The monoisotopic (exact) mass is 235 g/mol. The SMILES string of the molecule is O=Cc1ccc(C#Cc2ccc(C=O)cn2)cc1. The molecule has 0 fully saturated rings. The summed E-state index contributed by atoms with van der Waals surface area (Å²) in [5, 5.41) is 0. The van der Waals surface area contributed by atoms with Crippen LogP contribution in [0.15, 0.2) is 42.6 Å². The van der Waals surface area contributed by atoms with Crippen LogP contribution >= 0.6 is 0 Å². The Morgan fingerprint density at radius 3 is 2.06 bits per heavy atom. The van der Waals surface area contributed by atoms with E-state index in [0.29, 0.717) is 16.8 Å². The van der Waals surface area contributed by atoms with E-state index in [0.717, 1.165) is 18.1 Å². The first-order valence-corrected chi connectivity index (χ1v) is 5.30. The first-order valence-electron chi connectivity index (χ1n) is 5.30. The number of pyridine rings is 1. The Morgan fingerprint density at radius 2 is 1.50 bits per heavy atom. The van der Waals surface area contributed by atoms with E-state index in [4.69, 9.17) is 0 Å². The molecule has 0 saturated carbocycles. The Labute approximate surface area is 104 Å². The Bertz CT molecular complexity index is 561. The quantitative estimate of drug-likeness (QED) is 0.591. The zero-order valence-corrected chi connectivity index (χ0v) is 9.46. The van der Waals surface area contributed by atoms with E-state index >= 15 is 0 Å².